The van der Waals surface area contributed by atoms with Crippen LogP contribution in [-0.4, -0.2) is 32.3 Å². The molecule has 0 bridgehead atoms. The van der Waals surface area contributed by atoms with Crippen molar-refractivity contribution in [2.24, 2.45) is 0 Å². The summed E-state index contributed by atoms with van der Waals surface area (Å²) in [5.74, 6) is 2.13. The largest absolute Gasteiger partial charge is 0.468 e. The van der Waals surface area contributed by atoms with Crippen LogP contribution in [-0.2, 0) is 26.2 Å². The predicted octanol–water partition coefficient (Wildman–Crippen LogP) is 1.14. The number of nitrogens with one attached hydrogen (secondary N) is 1. The second-order valence-electron chi connectivity index (χ2n) is 5.68. The van der Waals surface area contributed by atoms with Gasteiger partial charge in [0.25, 0.3) is 0 Å². The van der Waals surface area contributed by atoms with Gasteiger partial charge in [0.15, 0.2) is 0 Å². The van der Waals surface area contributed by atoms with E-state index in [2.05, 4.69) is 31.0 Å². The second-order valence-corrected chi connectivity index (χ2v) is 5.68. The van der Waals surface area contributed by atoms with Crippen LogP contribution in [0.4, 0.5) is 0 Å². The van der Waals surface area contributed by atoms with Crippen molar-refractivity contribution in [3.8, 4) is 0 Å². The van der Waals surface area contributed by atoms with E-state index in [4.69, 9.17) is 4.42 Å². The molecule has 0 amide bonds. The molecule has 0 spiro atoms. The van der Waals surface area contributed by atoms with Crippen LogP contribution in [0.2, 0.25) is 0 Å². The number of nitrogens with zero attached hydrogens (tertiary/aromatic N) is 4. The van der Waals surface area contributed by atoms with Crippen molar-refractivity contribution in [2.75, 3.05) is 6.54 Å². The van der Waals surface area contributed by atoms with Crippen molar-refractivity contribution in [1.29, 1.82) is 0 Å². The van der Waals surface area contributed by atoms with E-state index in [0.717, 1.165) is 44.3 Å². The summed E-state index contributed by atoms with van der Waals surface area (Å²) in [7, 11) is 0. The van der Waals surface area contributed by atoms with Gasteiger partial charge < -0.3 is 14.3 Å². The molecular formula is C14H19N5O. The first-order valence-electron chi connectivity index (χ1n) is 7.26. The second kappa shape index (κ2) is 5.03. The zero-order valence-electron chi connectivity index (χ0n) is 11.5. The molecular weight excluding hydrogens is 254 g/mol. The number of furan rings is 1. The molecule has 0 atom stereocenters. The quantitative estimate of drug-likeness (QED) is 0.885. The molecule has 1 saturated carbocycles. The number of hydrogen-bond acceptors (Lipinski definition) is 5. The zero-order valence-corrected chi connectivity index (χ0v) is 11.5. The summed E-state index contributed by atoms with van der Waals surface area (Å²) < 4.78 is 7.74. The van der Waals surface area contributed by atoms with E-state index in [1.54, 1.807) is 6.26 Å². The highest BCUT2D eigenvalue weighted by molar-refractivity contribution is 5.17. The number of hydrogen-bond donors (Lipinski definition) is 1. The standard InChI is InChI=1S/C14H19N5O/c1-2-12(1)15-7-13-11(3-6-20-13)8-18-4-5-19-10-16-17-14(19)9-18/h3,6,10,12,15H,1-2,4-5,7-9H2. The van der Waals surface area contributed by atoms with Gasteiger partial charge >= 0.3 is 0 Å². The molecule has 106 valence electrons. The Kier molecular flexibility index (Phi) is 3.05. The van der Waals surface area contributed by atoms with Gasteiger partial charge in [0.05, 0.1) is 19.4 Å². The molecule has 4 rings (SSSR count). The van der Waals surface area contributed by atoms with Crippen molar-refractivity contribution < 1.29 is 4.42 Å². The van der Waals surface area contributed by atoms with Crippen LogP contribution in [0.5, 0.6) is 0 Å². The van der Waals surface area contributed by atoms with Crippen molar-refractivity contribution in [3.05, 3.63) is 35.8 Å². The van der Waals surface area contributed by atoms with Crippen LogP contribution < -0.4 is 5.32 Å². The third-order valence-corrected chi connectivity index (χ3v) is 4.08. The minimum atomic E-state index is 0.710. The van der Waals surface area contributed by atoms with Gasteiger partial charge in [0.1, 0.15) is 17.9 Å². The third-order valence-electron chi connectivity index (χ3n) is 4.08. The van der Waals surface area contributed by atoms with Crippen molar-refractivity contribution in [2.45, 2.75) is 45.1 Å². The summed E-state index contributed by atoms with van der Waals surface area (Å²) >= 11 is 0. The Hall–Kier alpha value is -1.66. The van der Waals surface area contributed by atoms with E-state index < -0.39 is 0 Å². The Morgan fingerprint density at radius 3 is 3.20 bits per heavy atom. The van der Waals surface area contributed by atoms with Crippen LogP contribution in [0.1, 0.15) is 30.0 Å². The molecule has 2 aliphatic rings. The van der Waals surface area contributed by atoms with Crippen LogP contribution in [0.25, 0.3) is 0 Å². The van der Waals surface area contributed by atoms with E-state index in [0.29, 0.717) is 6.04 Å². The molecule has 1 aliphatic carbocycles. The van der Waals surface area contributed by atoms with Gasteiger partial charge in [0.2, 0.25) is 0 Å². The number of rotatable bonds is 5. The molecule has 3 heterocycles. The lowest BCUT2D eigenvalue weighted by Gasteiger charge is -2.26. The highest BCUT2D eigenvalue weighted by Gasteiger charge is 2.22. The first-order chi connectivity index (χ1) is 9.88. The molecule has 1 aliphatic heterocycles. The summed E-state index contributed by atoms with van der Waals surface area (Å²) in [5, 5.41) is 11.6. The van der Waals surface area contributed by atoms with Crippen LogP contribution >= 0.6 is 0 Å². The Balaban J connectivity index is 1.40. The lowest BCUT2D eigenvalue weighted by molar-refractivity contribution is 0.207. The van der Waals surface area contributed by atoms with Gasteiger partial charge in [-0.3, -0.25) is 4.90 Å². The molecule has 1 fully saturated rings. The van der Waals surface area contributed by atoms with Crippen LogP contribution in [0, 0.1) is 0 Å². The van der Waals surface area contributed by atoms with E-state index in [9.17, 15) is 0 Å². The molecule has 20 heavy (non-hydrogen) atoms. The van der Waals surface area contributed by atoms with E-state index >= 15 is 0 Å². The highest BCUT2D eigenvalue weighted by Crippen LogP contribution is 2.21. The van der Waals surface area contributed by atoms with Crippen molar-refractivity contribution in [1.82, 2.24) is 25.0 Å². The van der Waals surface area contributed by atoms with Gasteiger partial charge in [-0.05, 0) is 18.9 Å². The maximum absolute atomic E-state index is 5.62. The Labute approximate surface area is 117 Å². The summed E-state index contributed by atoms with van der Waals surface area (Å²) in [6, 6.07) is 2.80. The first kappa shape index (κ1) is 12.1. The Bertz CT molecular complexity index is 586. The van der Waals surface area contributed by atoms with Gasteiger partial charge in [-0.15, -0.1) is 10.2 Å². The van der Waals surface area contributed by atoms with Gasteiger partial charge in [-0.25, -0.2) is 0 Å². The summed E-state index contributed by atoms with van der Waals surface area (Å²) in [4.78, 5) is 2.40. The molecule has 0 aromatic carbocycles. The topological polar surface area (TPSA) is 59.1 Å². The van der Waals surface area contributed by atoms with Crippen LogP contribution in [0.15, 0.2) is 23.1 Å². The molecule has 0 saturated heterocycles. The molecule has 6 nitrogen and oxygen atoms in total. The van der Waals surface area contributed by atoms with Gasteiger partial charge in [-0.1, -0.05) is 0 Å². The molecule has 1 N–H and O–H groups in total. The van der Waals surface area contributed by atoms with E-state index in [-0.39, 0.29) is 0 Å². The van der Waals surface area contributed by atoms with Gasteiger partial charge in [-0.2, -0.15) is 0 Å². The normalized spacial score (nSPS) is 19.2. The monoisotopic (exact) mass is 273 g/mol. The fourth-order valence-electron chi connectivity index (χ4n) is 2.68. The number of fused-ring (bicyclic) bond motifs is 1. The molecule has 2 aromatic rings. The lowest BCUT2D eigenvalue weighted by Crippen LogP contribution is -2.33. The van der Waals surface area contributed by atoms with Crippen LogP contribution in [0.3, 0.4) is 0 Å². The fraction of sp³-hybridized carbons (Fsp3) is 0.571. The predicted molar refractivity (Wildman–Crippen MR) is 72.7 cm³/mol. The van der Waals surface area contributed by atoms with E-state index in [1.807, 2.05) is 6.33 Å². The van der Waals surface area contributed by atoms with E-state index in [1.165, 1.54) is 18.4 Å². The maximum atomic E-state index is 5.62. The highest BCUT2D eigenvalue weighted by atomic mass is 16.3. The minimum Gasteiger partial charge on any atom is -0.468 e. The summed E-state index contributed by atoms with van der Waals surface area (Å²) in [6.45, 7) is 4.63. The average molecular weight is 273 g/mol. The minimum absolute atomic E-state index is 0.710. The maximum Gasteiger partial charge on any atom is 0.147 e. The van der Waals surface area contributed by atoms with Gasteiger partial charge in [0, 0.05) is 31.2 Å². The summed E-state index contributed by atoms with van der Waals surface area (Å²) in [6.07, 6.45) is 6.22. The summed E-state index contributed by atoms with van der Waals surface area (Å²) in [5.41, 5.74) is 1.28. The molecule has 0 radical (unpaired) electrons. The average Bonchev–Trinajstić information content (AvgIpc) is 2.99. The molecule has 6 heteroatoms. The fourth-order valence-corrected chi connectivity index (χ4v) is 2.68. The lowest BCUT2D eigenvalue weighted by atomic mass is 10.2. The number of aromatic nitrogens is 3. The van der Waals surface area contributed by atoms with Crippen molar-refractivity contribution >= 4 is 0 Å². The molecule has 0 unspecified atom stereocenters. The SMILES string of the molecule is c1cc(CN2CCn3cnnc3C2)c(CNC2CC2)o1. The first-order valence-corrected chi connectivity index (χ1v) is 7.26. The third kappa shape index (κ3) is 2.48. The Morgan fingerprint density at radius 2 is 2.30 bits per heavy atom. The zero-order chi connectivity index (χ0) is 13.4. The molecule has 2 aromatic heterocycles. The smallest absolute Gasteiger partial charge is 0.147 e. The Morgan fingerprint density at radius 1 is 1.35 bits per heavy atom. The van der Waals surface area contributed by atoms with Crippen molar-refractivity contribution in [3.63, 3.8) is 0 Å².